The van der Waals surface area contributed by atoms with E-state index in [1.807, 2.05) is 0 Å². The lowest BCUT2D eigenvalue weighted by atomic mass is 10.0. The molecule has 10 heteroatoms. The van der Waals surface area contributed by atoms with Crippen LogP contribution in [0, 0.1) is 0 Å². The van der Waals surface area contributed by atoms with Crippen molar-refractivity contribution in [3.05, 3.63) is 11.3 Å². The highest BCUT2D eigenvalue weighted by Gasteiger charge is 2.56. The Labute approximate surface area is 127 Å². The maximum absolute atomic E-state index is 12.1. The highest BCUT2D eigenvalue weighted by molar-refractivity contribution is 9.24. The summed E-state index contributed by atoms with van der Waals surface area (Å²) in [7, 11) is -1.47. The topological polar surface area (TPSA) is 104 Å². The Bertz CT molecular complexity index is 521. The molecule has 0 aliphatic carbocycles. The number of carboxylic acids is 1. The molecule has 19 heavy (non-hydrogen) atoms. The minimum Gasteiger partial charge on any atom is -0.477 e. The summed E-state index contributed by atoms with van der Waals surface area (Å²) in [5, 5.41) is 10.7. The largest absolute Gasteiger partial charge is 0.477 e. The predicted octanol–water partition coefficient (Wildman–Crippen LogP) is -0.514. The molecule has 3 atom stereocenters. The van der Waals surface area contributed by atoms with Crippen LogP contribution >= 0.6 is 31.9 Å². The van der Waals surface area contributed by atoms with E-state index in [0.717, 1.165) is 4.90 Å². The first-order chi connectivity index (χ1) is 8.90. The van der Waals surface area contributed by atoms with Crippen LogP contribution in [0.15, 0.2) is 11.3 Å². The Hall–Kier alpha value is -0.740. The maximum atomic E-state index is 12.1. The zero-order valence-corrected chi connectivity index (χ0v) is 13.2. The summed E-state index contributed by atoms with van der Waals surface area (Å²) in [4.78, 5) is 34.5. The van der Waals surface area contributed by atoms with E-state index in [9.17, 15) is 23.7 Å². The van der Waals surface area contributed by atoms with Gasteiger partial charge in [0.1, 0.15) is 17.1 Å². The fourth-order valence-electron chi connectivity index (χ4n) is 2.07. The second kappa shape index (κ2) is 5.33. The van der Waals surface area contributed by atoms with Gasteiger partial charge in [-0.15, -0.1) is 0 Å². The number of carbonyl (C=O) groups is 3. The molecule has 1 saturated heterocycles. The van der Waals surface area contributed by atoms with Crippen LogP contribution in [0.4, 0.5) is 0 Å². The molecule has 2 aliphatic heterocycles. The van der Waals surface area contributed by atoms with Crippen LogP contribution in [-0.2, 0) is 25.2 Å². The molecule has 2 aliphatic rings. The van der Waals surface area contributed by atoms with Crippen LogP contribution in [0.25, 0.3) is 0 Å². The lowest BCUT2D eigenvalue weighted by Crippen LogP contribution is -2.73. The number of aliphatic carboxylic acids is 1. The van der Waals surface area contributed by atoms with Gasteiger partial charge >= 0.3 is 5.97 Å². The summed E-state index contributed by atoms with van der Waals surface area (Å²) < 4.78 is 11.6. The second-order valence-electron chi connectivity index (χ2n) is 3.87. The van der Waals surface area contributed by atoms with E-state index in [-0.39, 0.29) is 11.4 Å². The number of amides is 2. The number of hydrogen-bond donors (Lipinski definition) is 2. The third-order valence-electron chi connectivity index (χ3n) is 2.87. The number of halogens is 2. The molecule has 0 radical (unpaired) electrons. The Morgan fingerprint density at radius 3 is 2.68 bits per heavy atom. The van der Waals surface area contributed by atoms with Crippen LogP contribution in [0.2, 0.25) is 0 Å². The van der Waals surface area contributed by atoms with Crippen molar-refractivity contribution in [3.63, 3.8) is 0 Å². The fraction of sp³-hybridized carbons (Fsp3) is 0.444. The molecule has 0 spiro atoms. The first kappa shape index (κ1) is 14.7. The molecule has 104 valence electrons. The standard InChI is InChI=1S/C9H8Br2N2O5S/c10-6(11)3-1-19(18)8-4(12-2-14)7(15)13(8)5(3)9(16)17/h2,4,6,8H,1H2,(H,12,14)(H,16,17)/t4-,8-,19?/m1/s1. The van der Waals surface area contributed by atoms with Crippen molar-refractivity contribution in [1.82, 2.24) is 10.2 Å². The summed E-state index contributed by atoms with van der Waals surface area (Å²) in [6, 6.07) is -0.918. The molecule has 1 unspecified atom stereocenters. The predicted molar refractivity (Wildman–Crippen MR) is 72.9 cm³/mol. The van der Waals surface area contributed by atoms with Gasteiger partial charge < -0.3 is 10.4 Å². The lowest BCUT2D eigenvalue weighted by Gasteiger charge is -2.48. The smallest absolute Gasteiger partial charge is 0.352 e. The van der Waals surface area contributed by atoms with Crippen LogP contribution in [-0.4, -0.2) is 53.4 Å². The summed E-state index contributed by atoms with van der Waals surface area (Å²) in [5.74, 6) is -1.81. The number of rotatable bonds is 4. The minimum atomic E-state index is -1.47. The second-order valence-corrected chi connectivity index (χ2v) is 8.46. The van der Waals surface area contributed by atoms with E-state index >= 15 is 0 Å². The van der Waals surface area contributed by atoms with E-state index in [1.165, 1.54) is 0 Å². The molecule has 1 fully saturated rings. The maximum Gasteiger partial charge on any atom is 0.352 e. The average Bonchev–Trinajstić information content (AvgIpc) is 2.34. The van der Waals surface area contributed by atoms with Crippen molar-refractivity contribution in [1.29, 1.82) is 0 Å². The number of carboxylic acid groups (broad SMARTS) is 1. The molecule has 2 N–H and O–H groups in total. The molecule has 0 aromatic carbocycles. The van der Waals surface area contributed by atoms with Gasteiger partial charge in [0.05, 0.1) is 20.3 Å². The zero-order chi connectivity index (χ0) is 14.3. The van der Waals surface area contributed by atoms with Gasteiger partial charge in [-0.05, 0) is 5.57 Å². The number of nitrogens with one attached hydrogen (secondary N) is 1. The molecule has 2 heterocycles. The first-order valence-electron chi connectivity index (χ1n) is 5.04. The summed E-state index contributed by atoms with van der Waals surface area (Å²) in [6.07, 6.45) is 0.342. The van der Waals surface area contributed by atoms with Gasteiger partial charge in [-0.2, -0.15) is 0 Å². The summed E-state index contributed by atoms with van der Waals surface area (Å²) in [6.45, 7) is 0. The number of β-lactam (4-membered cyclic amide) rings is 1. The molecule has 2 amide bonds. The minimum absolute atomic E-state index is 0.0221. The number of fused-ring (bicyclic) bond motifs is 1. The van der Waals surface area contributed by atoms with Crippen LogP contribution in [0.3, 0.4) is 0 Å². The highest BCUT2D eigenvalue weighted by Crippen LogP contribution is 2.38. The molecule has 0 bridgehead atoms. The molecule has 0 aromatic rings. The van der Waals surface area contributed by atoms with Gasteiger partial charge in [-0.1, -0.05) is 31.9 Å². The van der Waals surface area contributed by atoms with Crippen molar-refractivity contribution < 1.29 is 23.7 Å². The Kier molecular flexibility index (Phi) is 4.11. The Morgan fingerprint density at radius 2 is 2.21 bits per heavy atom. The molecular formula is C9H8Br2N2O5S. The Balaban J connectivity index is 2.45. The zero-order valence-electron chi connectivity index (χ0n) is 9.21. The van der Waals surface area contributed by atoms with Gasteiger partial charge in [0, 0.05) is 0 Å². The molecule has 0 saturated carbocycles. The summed E-state index contributed by atoms with van der Waals surface area (Å²) >= 11 is 6.32. The quantitative estimate of drug-likeness (QED) is 0.365. The van der Waals surface area contributed by atoms with Gasteiger partial charge in [0.2, 0.25) is 6.41 Å². The Morgan fingerprint density at radius 1 is 1.58 bits per heavy atom. The lowest BCUT2D eigenvalue weighted by molar-refractivity contribution is -0.150. The van der Waals surface area contributed by atoms with Gasteiger partial charge in [-0.25, -0.2) is 4.79 Å². The van der Waals surface area contributed by atoms with E-state index in [4.69, 9.17) is 0 Å². The van der Waals surface area contributed by atoms with Crippen molar-refractivity contribution in [2.75, 3.05) is 5.75 Å². The monoisotopic (exact) mass is 414 g/mol. The van der Waals surface area contributed by atoms with E-state index in [0.29, 0.717) is 12.0 Å². The third kappa shape index (κ3) is 2.25. The normalized spacial score (nSPS) is 29.9. The average molecular weight is 416 g/mol. The van der Waals surface area contributed by atoms with Crippen molar-refractivity contribution >= 4 is 60.9 Å². The third-order valence-corrected chi connectivity index (χ3v) is 5.59. The van der Waals surface area contributed by atoms with Gasteiger partial charge in [-0.3, -0.25) is 18.7 Å². The molecule has 2 rings (SSSR count). The first-order valence-corrected chi connectivity index (χ1v) is 8.26. The van der Waals surface area contributed by atoms with Crippen molar-refractivity contribution in [2.24, 2.45) is 0 Å². The van der Waals surface area contributed by atoms with Crippen LogP contribution in [0.5, 0.6) is 0 Å². The van der Waals surface area contributed by atoms with Gasteiger partial charge in [0.15, 0.2) is 0 Å². The van der Waals surface area contributed by atoms with E-state index < -0.39 is 37.8 Å². The number of alkyl halides is 2. The van der Waals surface area contributed by atoms with E-state index in [2.05, 4.69) is 37.2 Å². The summed E-state index contributed by atoms with van der Waals surface area (Å²) in [5.41, 5.74) is 0.150. The molecule has 0 aromatic heterocycles. The van der Waals surface area contributed by atoms with E-state index in [1.54, 1.807) is 0 Å². The fourth-order valence-corrected chi connectivity index (χ4v) is 4.98. The number of nitrogens with zero attached hydrogens (tertiary/aromatic N) is 1. The molecule has 7 nitrogen and oxygen atoms in total. The number of hydrogen-bond acceptors (Lipinski definition) is 4. The number of carbonyl (C=O) groups excluding carboxylic acids is 2. The SMILES string of the molecule is O=CN[C@@H]1C(=O)N2C(C(=O)O)=C(C(Br)Br)CS(=O)[C@H]12. The molecular weight excluding hydrogens is 408 g/mol. The van der Waals surface area contributed by atoms with Crippen molar-refractivity contribution in [3.8, 4) is 0 Å². The van der Waals surface area contributed by atoms with Gasteiger partial charge in [0.25, 0.3) is 5.91 Å². The van der Waals surface area contributed by atoms with Crippen LogP contribution in [0.1, 0.15) is 0 Å². The highest BCUT2D eigenvalue weighted by atomic mass is 79.9. The van der Waals surface area contributed by atoms with Crippen LogP contribution < -0.4 is 5.32 Å². The van der Waals surface area contributed by atoms with Crippen molar-refractivity contribution in [2.45, 2.75) is 15.2 Å².